The van der Waals surface area contributed by atoms with Crippen molar-refractivity contribution in [3.05, 3.63) is 35.4 Å². The summed E-state index contributed by atoms with van der Waals surface area (Å²) >= 11 is 0. The van der Waals surface area contributed by atoms with Gasteiger partial charge in [0.15, 0.2) is 0 Å². The Morgan fingerprint density at radius 2 is 1.95 bits per heavy atom. The number of rotatable bonds is 5. The third-order valence-electron chi connectivity index (χ3n) is 3.53. The molecule has 2 atom stereocenters. The van der Waals surface area contributed by atoms with Gasteiger partial charge in [-0.1, -0.05) is 38.1 Å². The number of halogens is 2. The highest BCUT2D eigenvalue weighted by molar-refractivity contribution is 5.75. The van der Waals surface area contributed by atoms with E-state index in [4.69, 9.17) is 5.11 Å². The van der Waals surface area contributed by atoms with E-state index in [0.717, 1.165) is 5.56 Å². The molecule has 0 heterocycles. The summed E-state index contributed by atoms with van der Waals surface area (Å²) in [5, 5.41) is 8.85. The second kappa shape index (κ2) is 4.91. The van der Waals surface area contributed by atoms with Crippen LogP contribution < -0.4 is 0 Å². The van der Waals surface area contributed by atoms with Gasteiger partial charge < -0.3 is 5.11 Å². The molecule has 1 N–H and O–H groups in total. The van der Waals surface area contributed by atoms with Crippen molar-refractivity contribution in [3.63, 3.8) is 0 Å². The molecule has 4 heteroatoms. The summed E-state index contributed by atoms with van der Waals surface area (Å²) in [4.78, 5) is 10.8. The molecule has 1 aliphatic rings. The van der Waals surface area contributed by atoms with Crippen molar-refractivity contribution < 1.29 is 18.7 Å². The first-order valence-corrected chi connectivity index (χ1v) is 6.52. The molecule has 19 heavy (non-hydrogen) atoms. The fourth-order valence-electron chi connectivity index (χ4n) is 2.44. The Morgan fingerprint density at radius 1 is 1.37 bits per heavy atom. The Bertz CT molecular complexity index is 466. The van der Waals surface area contributed by atoms with Crippen LogP contribution in [0.3, 0.4) is 0 Å². The zero-order valence-electron chi connectivity index (χ0n) is 11.1. The maximum Gasteiger partial charge on any atom is 0.307 e. The molecule has 1 fully saturated rings. The van der Waals surface area contributed by atoms with Crippen molar-refractivity contribution in [2.24, 2.45) is 11.8 Å². The monoisotopic (exact) mass is 268 g/mol. The average molecular weight is 268 g/mol. The molecular formula is C15H18F2O2. The molecule has 0 spiro atoms. The number of carboxylic acid groups (broad SMARTS) is 1. The van der Waals surface area contributed by atoms with Crippen LogP contribution in [0, 0.1) is 11.8 Å². The minimum Gasteiger partial charge on any atom is -0.481 e. The third-order valence-corrected chi connectivity index (χ3v) is 3.53. The summed E-state index contributed by atoms with van der Waals surface area (Å²) < 4.78 is 27.7. The fourth-order valence-corrected chi connectivity index (χ4v) is 2.44. The van der Waals surface area contributed by atoms with Crippen LogP contribution in [0.15, 0.2) is 24.3 Å². The van der Waals surface area contributed by atoms with Crippen LogP contribution in [0.4, 0.5) is 8.78 Å². The highest BCUT2D eigenvalue weighted by Gasteiger charge is 2.44. The van der Waals surface area contributed by atoms with Crippen LogP contribution in [0.2, 0.25) is 0 Å². The fraction of sp³-hybridized carbons (Fsp3) is 0.533. The molecule has 0 saturated heterocycles. The predicted molar refractivity (Wildman–Crippen MR) is 68.3 cm³/mol. The van der Waals surface area contributed by atoms with E-state index in [1.54, 1.807) is 26.0 Å². The Labute approximate surface area is 111 Å². The van der Waals surface area contributed by atoms with E-state index in [2.05, 4.69) is 0 Å². The Kier molecular flexibility index (Phi) is 3.61. The average Bonchev–Trinajstić information content (AvgIpc) is 3.07. The maximum absolute atomic E-state index is 13.9. The molecule has 1 aromatic carbocycles. The molecule has 1 aromatic rings. The quantitative estimate of drug-likeness (QED) is 0.876. The lowest BCUT2D eigenvalue weighted by Gasteiger charge is -2.19. The molecule has 0 radical (unpaired) electrons. The number of aliphatic carboxylic acids is 1. The van der Waals surface area contributed by atoms with E-state index >= 15 is 0 Å². The van der Waals surface area contributed by atoms with Gasteiger partial charge in [0.05, 0.1) is 5.92 Å². The van der Waals surface area contributed by atoms with Gasteiger partial charge in [-0.2, -0.15) is 0 Å². The van der Waals surface area contributed by atoms with Crippen molar-refractivity contribution in [1.29, 1.82) is 0 Å². The number of carbonyl (C=O) groups is 1. The predicted octanol–water partition coefficient (Wildman–Crippen LogP) is 4.01. The van der Waals surface area contributed by atoms with Gasteiger partial charge in [0.1, 0.15) is 0 Å². The molecule has 0 amide bonds. The largest absolute Gasteiger partial charge is 0.481 e. The van der Waals surface area contributed by atoms with E-state index in [0.29, 0.717) is 6.42 Å². The van der Waals surface area contributed by atoms with Crippen LogP contribution in [0.5, 0.6) is 0 Å². The van der Waals surface area contributed by atoms with E-state index in [9.17, 15) is 13.6 Å². The second-order valence-corrected chi connectivity index (χ2v) is 5.71. The van der Waals surface area contributed by atoms with Crippen molar-refractivity contribution in [1.82, 2.24) is 0 Å². The molecule has 2 rings (SSSR count). The SMILES string of the molecule is CC(C)CC(F)(F)c1ccc(C2CC2C(=O)O)cc1. The maximum atomic E-state index is 13.9. The second-order valence-electron chi connectivity index (χ2n) is 5.71. The summed E-state index contributed by atoms with van der Waals surface area (Å²) in [7, 11) is 0. The van der Waals surface area contributed by atoms with Gasteiger partial charge in [-0.05, 0) is 23.8 Å². The van der Waals surface area contributed by atoms with Crippen LogP contribution in [-0.2, 0) is 10.7 Å². The van der Waals surface area contributed by atoms with E-state index in [1.165, 1.54) is 12.1 Å². The van der Waals surface area contributed by atoms with Gasteiger partial charge in [0.25, 0.3) is 5.92 Å². The summed E-state index contributed by atoms with van der Waals surface area (Å²) in [5.74, 6) is -4.05. The minimum atomic E-state index is -2.82. The van der Waals surface area contributed by atoms with Gasteiger partial charge in [-0.15, -0.1) is 0 Å². The first kappa shape index (κ1) is 14.0. The van der Waals surface area contributed by atoms with Gasteiger partial charge in [-0.25, -0.2) is 8.78 Å². The number of alkyl halides is 2. The zero-order chi connectivity index (χ0) is 14.2. The lowest BCUT2D eigenvalue weighted by Crippen LogP contribution is -2.16. The van der Waals surface area contributed by atoms with E-state index in [1.807, 2.05) is 0 Å². The highest BCUT2D eigenvalue weighted by Crippen LogP contribution is 2.48. The zero-order valence-corrected chi connectivity index (χ0v) is 11.1. The van der Waals surface area contributed by atoms with Crippen molar-refractivity contribution in [2.75, 3.05) is 0 Å². The minimum absolute atomic E-state index is 0.00901. The molecule has 0 bridgehead atoms. The number of carboxylic acids is 1. The Morgan fingerprint density at radius 3 is 2.37 bits per heavy atom. The summed E-state index contributed by atoms with van der Waals surface area (Å²) in [6.07, 6.45) is 0.435. The molecule has 0 aliphatic heterocycles. The molecular weight excluding hydrogens is 250 g/mol. The van der Waals surface area contributed by atoms with Crippen molar-refractivity contribution >= 4 is 5.97 Å². The van der Waals surface area contributed by atoms with Crippen LogP contribution in [0.25, 0.3) is 0 Å². The standard InChI is InChI=1S/C15H18F2O2/c1-9(2)8-15(16,17)11-5-3-10(4-6-11)12-7-13(12)14(18)19/h3-6,9,12-13H,7-8H2,1-2H3,(H,18,19). The summed E-state index contributed by atoms with van der Waals surface area (Å²) in [5.41, 5.74) is 0.856. The van der Waals surface area contributed by atoms with Gasteiger partial charge in [0.2, 0.25) is 0 Å². The van der Waals surface area contributed by atoms with Gasteiger partial charge in [-0.3, -0.25) is 4.79 Å². The molecule has 104 valence electrons. The van der Waals surface area contributed by atoms with Crippen LogP contribution in [-0.4, -0.2) is 11.1 Å². The Balaban J connectivity index is 2.09. The van der Waals surface area contributed by atoms with Gasteiger partial charge >= 0.3 is 5.97 Å². The number of hydrogen-bond acceptors (Lipinski definition) is 1. The first-order valence-electron chi connectivity index (χ1n) is 6.52. The third kappa shape index (κ3) is 3.11. The van der Waals surface area contributed by atoms with E-state index < -0.39 is 11.9 Å². The number of benzene rings is 1. The van der Waals surface area contributed by atoms with Crippen LogP contribution in [0.1, 0.15) is 43.7 Å². The van der Waals surface area contributed by atoms with Crippen molar-refractivity contribution in [3.8, 4) is 0 Å². The molecule has 2 unspecified atom stereocenters. The summed E-state index contributed by atoms with van der Waals surface area (Å²) in [6, 6.07) is 6.12. The van der Waals surface area contributed by atoms with Crippen LogP contribution >= 0.6 is 0 Å². The van der Waals surface area contributed by atoms with Gasteiger partial charge in [0, 0.05) is 12.0 Å². The molecule has 1 saturated carbocycles. The normalized spacial score (nSPS) is 22.6. The lowest BCUT2D eigenvalue weighted by molar-refractivity contribution is -0.138. The smallest absolute Gasteiger partial charge is 0.307 e. The number of hydrogen-bond donors (Lipinski definition) is 1. The highest BCUT2D eigenvalue weighted by atomic mass is 19.3. The molecule has 0 aromatic heterocycles. The molecule has 2 nitrogen and oxygen atoms in total. The van der Waals surface area contributed by atoms with Crippen molar-refractivity contribution in [2.45, 2.75) is 38.5 Å². The topological polar surface area (TPSA) is 37.3 Å². The van der Waals surface area contributed by atoms with E-state index in [-0.39, 0.29) is 29.7 Å². The lowest BCUT2D eigenvalue weighted by atomic mass is 9.97. The molecule has 1 aliphatic carbocycles. The first-order chi connectivity index (χ1) is 8.81. The summed E-state index contributed by atoms with van der Waals surface area (Å²) in [6.45, 7) is 3.54. The Hall–Kier alpha value is -1.45.